The van der Waals surface area contributed by atoms with Crippen LogP contribution in [0.4, 0.5) is 0 Å². The lowest BCUT2D eigenvalue weighted by Crippen LogP contribution is -2.21. The SMILES string of the molecule is COc1ccc(/C=C2\CCn3c2nc2cc(C(=O)O)ccc2c3=O)cc1C. The maximum atomic E-state index is 12.8. The maximum Gasteiger partial charge on any atom is 0.335 e. The van der Waals surface area contributed by atoms with E-state index < -0.39 is 5.97 Å². The first kappa shape index (κ1) is 17.0. The van der Waals surface area contributed by atoms with E-state index in [2.05, 4.69) is 4.98 Å². The number of aryl methyl sites for hydroxylation is 1. The number of carboxylic acids is 1. The first-order valence-electron chi connectivity index (χ1n) is 8.61. The Balaban J connectivity index is 1.85. The molecule has 0 radical (unpaired) electrons. The van der Waals surface area contributed by atoms with E-state index in [9.17, 15) is 14.7 Å². The molecular formula is C21H18N2O4. The number of benzene rings is 2. The molecule has 2 heterocycles. The van der Waals surface area contributed by atoms with E-state index in [0.29, 0.717) is 29.7 Å². The van der Waals surface area contributed by atoms with Crippen molar-refractivity contribution in [3.63, 3.8) is 0 Å². The van der Waals surface area contributed by atoms with Gasteiger partial charge in [-0.1, -0.05) is 6.07 Å². The van der Waals surface area contributed by atoms with Crippen LogP contribution in [0.25, 0.3) is 22.6 Å². The highest BCUT2D eigenvalue weighted by Gasteiger charge is 2.21. The van der Waals surface area contributed by atoms with E-state index in [-0.39, 0.29) is 11.1 Å². The molecule has 6 nitrogen and oxygen atoms in total. The molecule has 0 saturated heterocycles. The van der Waals surface area contributed by atoms with E-state index in [4.69, 9.17) is 4.74 Å². The number of hydrogen-bond acceptors (Lipinski definition) is 4. The van der Waals surface area contributed by atoms with Gasteiger partial charge in [0, 0.05) is 6.54 Å². The van der Waals surface area contributed by atoms with Crippen LogP contribution in [0.1, 0.15) is 33.7 Å². The number of hydrogen-bond donors (Lipinski definition) is 1. The summed E-state index contributed by atoms with van der Waals surface area (Å²) in [5.41, 5.74) is 3.38. The summed E-state index contributed by atoms with van der Waals surface area (Å²) in [7, 11) is 1.64. The van der Waals surface area contributed by atoms with Crippen molar-refractivity contribution in [3.8, 4) is 5.75 Å². The molecule has 0 atom stereocenters. The molecule has 1 aliphatic rings. The first-order valence-corrected chi connectivity index (χ1v) is 8.61. The minimum absolute atomic E-state index is 0.119. The van der Waals surface area contributed by atoms with Crippen LogP contribution in [0.3, 0.4) is 0 Å². The van der Waals surface area contributed by atoms with Crippen molar-refractivity contribution < 1.29 is 14.6 Å². The Morgan fingerprint density at radius 2 is 2.07 bits per heavy atom. The predicted molar refractivity (Wildman–Crippen MR) is 103 cm³/mol. The van der Waals surface area contributed by atoms with Gasteiger partial charge >= 0.3 is 5.97 Å². The van der Waals surface area contributed by atoms with Gasteiger partial charge in [0.05, 0.1) is 23.6 Å². The number of fused-ring (bicyclic) bond motifs is 2. The summed E-state index contributed by atoms with van der Waals surface area (Å²) < 4.78 is 6.95. The highest BCUT2D eigenvalue weighted by atomic mass is 16.5. The Morgan fingerprint density at radius 1 is 1.26 bits per heavy atom. The molecule has 0 aliphatic carbocycles. The van der Waals surface area contributed by atoms with Crippen LogP contribution in [0.15, 0.2) is 41.2 Å². The van der Waals surface area contributed by atoms with Gasteiger partial charge < -0.3 is 9.84 Å². The molecule has 0 fully saturated rings. The topological polar surface area (TPSA) is 81.4 Å². The van der Waals surface area contributed by atoms with Crippen molar-refractivity contribution in [2.45, 2.75) is 19.9 Å². The second kappa shape index (κ2) is 6.39. The van der Waals surface area contributed by atoms with Gasteiger partial charge in [-0.25, -0.2) is 9.78 Å². The van der Waals surface area contributed by atoms with E-state index >= 15 is 0 Å². The minimum Gasteiger partial charge on any atom is -0.496 e. The molecule has 3 aromatic rings. The largest absolute Gasteiger partial charge is 0.496 e. The third kappa shape index (κ3) is 2.89. The lowest BCUT2D eigenvalue weighted by atomic mass is 10.1. The van der Waals surface area contributed by atoms with Crippen LogP contribution in [0, 0.1) is 6.92 Å². The smallest absolute Gasteiger partial charge is 0.335 e. The highest BCUT2D eigenvalue weighted by molar-refractivity contribution is 5.93. The Kier molecular flexibility index (Phi) is 4.03. The molecule has 0 bridgehead atoms. The summed E-state index contributed by atoms with van der Waals surface area (Å²) in [6.45, 7) is 2.55. The predicted octanol–water partition coefficient (Wildman–Crippen LogP) is 3.36. The van der Waals surface area contributed by atoms with Crippen molar-refractivity contribution in [2.75, 3.05) is 7.11 Å². The molecule has 27 heavy (non-hydrogen) atoms. The maximum absolute atomic E-state index is 12.8. The molecular weight excluding hydrogens is 344 g/mol. The van der Waals surface area contributed by atoms with Gasteiger partial charge in [0.25, 0.3) is 5.56 Å². The van der Waals surface area contributed by atoms with Gasteiger partial charge in [-0.05, 0) is 66.5 Å². The van der Waals surface area contributed by atoms with Gasteiger partial charge in [-0.3, -0.25) is 9.36 Å². The number of ether oxygens (including phenoxy) is 1. The van der Waals surface area contributed by atoms with Crippen LogP contribution in [0.5, 0.6) is 5.75 Å². The number of methoxy groups -OCH3 is 1. The van der Waals surface area contributed by atoms with Crippen molar-refractivity contribution in [2.24, 2.45) is 0 Å². The average molecular weight is 362 g/mol. The first-order chi connectivity index (χ1) is 13.0. The summed E-state index contributed by atoms with van der Waals surface area (Å²) >= 11 is 0. The lowest BCUT2D eigenvalue weighted by Gasteiger charge is -2.07. The molecule has 1 aromatic heterocycles. The van der Waals surface area contributed by atoms with Crippen molar-refractivity contribution >= 4 is 28.5 Å². The van der Waals surface area contributed by atoms with Gasteiger partial charge in [-0.15, -0.1) is 0 Å². The molecule has 0 saturated carbocycles. The zero-order chi connectivity index (χ0) is 19.1. The van der Waals surface area contributed by atoms with Gasteiger partial charge in [0.1, 0.15) is 11.6 Å². The summed E-state index contributed by atoms with van der Waals surface area (Å²) in [5, 5.41) is 9.63. The number of carboxylic acid groups (broad SMARTS) is 1. The van der Waals surface area contributed by atoms with Crippen molar-refractivity contribution in [1.82, 2.24) is 9.55 Å². The van der Waals surface area contributed by atoms with Crippen molar-refractivity contribution in [1.29, 1.82) is 0 Å². The number of aromatic nitrogens is 2. The Bertz CT molecular complexity index is 1170. The molecule has 1 N–H and O–H groups in total. The molecule has 1 aliphatic heterocycles. The van der Waals surface area contributed by atoms with Gasteiger partial charge in [0.2, 0.25) is 0 Å². The van der Waals surface area contributed by atoms with Crippen LogP contribution in [-0.4, -0.2) is 27.7 Å². The summed E-state index contributed by atoms with van der Waals surface area (Å²) in [4.78, 5) is 28.6. The summed E-state index contributed by atoms with van der Waals surface area (Å²) in [6.07, 6.45) is 2.72. The third-order valence-corrected chi connectivity index (χ3v) is 4.85. The second-order valence-electron chi connectivity index (χ2n) is 6.58. The number of aromatic carboxylic acids is 1. The second-order valence-corrected chi connectivity index (χ2v) is 6.58. The fraction of sp³-hybridized carbons (Fsp3) is 0.190. The quantitative estimate of drug-likeness (QED) is 0.773. The molecule has 4 rings (SSSR count). The monoisotopic (exact) mass is 362 g/mol. The van der Waals surface area contributed by atoms with Gasteiger partial charge in [-0.2, -0.15) is 0 Å². The minimum atomic E-state index is -1.04. The van der Waals surface area contributed by atoms with Crippen LogP contribution in [0.2, 0.25) is 0 Å². The van der Waals surface area contributed by atoms with E-state index in [1.807, 2.05) is 31.2 Å². The third-order valence-electron chi connectivity index (χ3n) is 4.85. The van der Waals surface area contributed by atoms with E-state index in [1.165, 1.54) is 18.2 Å². The molecule has 0 amide bonds. The number of allylic oxidation sites excluding steroid dienone is 1. The lowest BCUT2D eigenvalue weighted by molar-refractivity contribution is 0.0697. The van der Waals surface area contributed by atoms with Crippen LogP contribution < -0.4 is 10.3 Å². The molecule has 0 spiro atoms. The van der Waals surface area contributed by atoms with E-state index in [1.54, 1.807) is 11.7 Å². The Morgan fingerprint density at radius 3 is 2.78 bits per heavy atom. The number of rotatable bonds is 3. The molecule has 2 aromatic carbocycles. The van der Waals surface area contributed by atoms with Crippen molar-refractivity contribution in [3.05, 3.63) is 69.3 Å². The van der Waals surface area contributed by atoms with Crippen LogP contribution in [-0.2, 0) is 6.54 Å². The fourth-order valence-electron chi connectivity index (χ4n) is 3.48. The Hall–Kier alpha value is -3.41. The number of carbonyl (C=O) groups is 1. The van der Waals surface area contributed by atoms with Crippen LogP contribution >= 0.6 is 0 Å². The molecule has 6 heteroatoms. The molecule has 136 valence electrons. The zero-order valence-electron chi connectivity index (χ0n) is 15.0. The highest BCUT2D eigenvalue weighted by Crippen LogP contribution is 2.29. The standard InChI is InChI=1S/C21H18N2O4/c1-12-9-13(3-6-18(12)27-2)10-14-7-8-23-19(14)22-17-11-15(21(25)26)4-5-16(17)20(23)24/h3-6,9-11H,7-8H2,1-2H3,(H,25,26)/b14-10+. The van der Waals surface area contributed by atoms with E-state index in [0.717, 1.165) is 22.4 Å². The normalized spacial score (nSPS) is 14.5. The summed E-state index contributed by atoms with van der Waals surface area (Å²) in [6, 6.07) is 10.3. The Labute approximate surface area is 155 Å². The zero-order valence-corrected chi connectivity index (χ0v) is 15.0. The fourth-order valence-corrected chi connectivity index (χ4v) is 3.48. The molecule has 0 unspecified atom stereocenters. The number of nitrogens with zero attached hydrogens (tertiary/aromatic N) is 2. The summed E-state index contributed by atoms with van der Waals surface area (Å²) in [5.74, 6) is 0.387. The van der Waals surface area contributed by atoms with Gasteiger partial charge in [0.15, 0.2) is 0 Å². The average Bonchev–Trinajstić information content (AvgIpc) is 3.04.